The van der Waals surface area contributed by atoms with Crippen LogP contribution in [0.5, 0.6) is 0 Å². The molecule has 3 amide bonds. The fourth-order valence-electron chi connectivity index (χ4n) is 4.18. The van der Waals surface area contributed by atoms with Crippen molar-refractivity contribution in [1.82, 2.24) is 20.3 Å². The molecule has 2 aliphatic rings. The fourth-order valence-corrected chi connectivity index (χ4v) is 5.58. The van der Waals surface area contributed by atoms with Crippen LogP contribution in [0.25, 0.3) is 0 Å². The van der Waals surface area contributed by atoms with Crippen molar-refractivity contribution in [2.45, 2.75) is 109 Å². The van der Waals surface area contributed by atoms with Crippen molar-refractivity contribution in [3.8, 4) is 0 Å². The Morgan fingerprint density at radius 1 is 1.14 bits per heavy atom. The predicted molar refractivity (Wildman–Crippen MR) is 140 cm³/mol. The highest BCUT2D eigenvalue weighted by Crippen LogP contribution is 2.29. The highest BCUT2D eigenvalue weighted by Gasteiger charge is 2.45. The molecule has 1 saturated carbocycles. The maximum Gasteiger partial charge on any atom is 0.408 e. The van der Waals surface area contributed by atoms with Crippen molar-refractivity contribution < 1.29 is 32.6 Å². The zero-order valence-electron chi connectivity index (χ0n) is 23.1. The summed E-state index contributed by atoms with van der Waals surface area (Å²) in [6.07, 6.45) is 1.47. The van der Waals surface area contributed by atoms with Gasteiger partial charge in [0.15, 0.2) is 0 Å². The van der Waals surface area contributed by atoms with Gasteiger partial charge in [-0.05, 0) is 58.8 Å². The van der Waals surface area contributed by atoms with E-state index in [0.29, 0.717) is 12.8 Å². The predicted octanol–water partition coefficient (Wildman–Crippen LogP) is 1.42. The third-order valence-corrected chi connectivity index (χ3v) is 8.25. The number of hydrogen-bond donors (Lipinski definition) is 4. The van der Waals surface area contributed by atoms with E-state index in [2.05, 4.69) is 21.9 Å². The molecule has 11 nitrogen and oxygen atoms in total. The van der Waals surface area contributed by atoms with E-state index < -0.39 is 62.0 Å². The van der Waals surface area contributed by atoms with Gasteiger partial charge < -0.3 is 25.4 Å². The van der Waals surface area contributed by atoms with Crippen molar-refractivity contribution in [3.05, 3.63) is 12.7 Å². The van der Waals surface area contributed by atoms with Gasteiger partial charge in [0, 0.05) is 19.1 Å². The Kier molecular flexibility index (Phi) is 9.47. The summed E-state index contributed by atoms with van der Waals surface area (Å²) in [6.45, 7) is 16.1. The van der Waals surface area contributed by atoms with E-state index in [1.165, 1.54) is 11.0 Å². The van der Waals surface area contributed by atoms with Gasteiger partial charge in [0.2, 0.25) is 15.9 Å². The molecular formula is C25H44N4O7S. The number of amides is 3. The van der Waals surface area contributed by atoms with Gasteiger partial charge >= 0.3 is 6.09 Å². The van der Waals surface area contributed by atoms with Crippen molar-refractivity contribution in [3.63, 3.8) is 0 Å². The molecule has 4 unspecified atom stereocenters. The minimum absolute atomic E-state index is 0.0637. The van der Waals surface area contributed by atoms with Crippen LogP contribution in [0.3, 0.4) is 0 Å². The molecule has 0 aromatic heterocycles. The molecule has 1 aliphatic heterocycles. The third-order valence-electron chi connectivity index (χ3n) is 6.43. The Balaban J connectivity index is 2.18. The molecule has 12 heteroatoms. The molecule has 37 heavy (non-hydrogen) atoms. The van der Waals surface area contributed by atoms with E-state index >= 15 is 0 Å². The normalized spacial score (nSPS) is 23.1. The Morgan fingerprint density at radius 2 is 1.73 bits per heavy atom. The second kappa shape index (κ2) is 11.3. The molecule has 0 aromatic carbocycles. The molecule has 0 spiro atoms. The molecule has 0 aromatic rings. The molecule has 212 valence electrons. The zero-order valence-corrected chi connectivity index (χ0v) is 23.9. The number of likely N-dealkylation sites (tertiary alicyclic amines) is 1. The first-order valence-electron chi connectivity index (χ1n) is 12.7. The van der Waals surface area contributed by atoms with E-state index in [9.17, 15) is 27.9 Å². The largest absolute Gasteiger partial charge is 0.444 e. The number of ether oxygens (including phenoxy) is 1. The standard InChI is InChI=1S/C25H44N4O7S/c1-9-12-25(8,21(32)28-37(34,35)18-10-11-18)26-14-16-13-17(30)15-29(16)20(31)19(23(2,3)4)27-22(33)36-24(5,6)7/h9,16-19,26,30H,1,10-15H2,2-8H3,(H,27,33)(H,28,32). The number of β-amino-alcohol motifs (C(OH)–C–C–N with tert-alkyl or cyclic N) is 1. The van der Waals surface area contributed by atoms with Gasteiger partial charge in [-0.3, -0.25) is 14.3 Å². The second-order valence-electron chi connectivity index (χ2n) is 12.4. The summed E-state index contributed by atoms with van der Waals surface area (Å²) in [5, 5.41) is 15.6. The van der Waals surface area contributed by atoms with E-state index in [0.717, 1.165) is 0 Å². The lowest BCUT2D eigenvalue weighted by Gasteiger charge is -2.37. The van der Waals surface area contributed by atoms with Crippen LogP contribution in [0.2, 0.25) is 0 Å². The summed E-state index contributed by atoms with van der Waals surface area (Å²) in [5.74, 6) is -1.08. The van der Waals surface area contributed by atoms with E-state index in [1.54, 1.807) is 27.7 Å². The Morgan fingerprint density at radius 3 is 2.22 bits per heavy atom. The van der Waals surface area contributed by atoms with E-state index in [-0.39, 0.29) is 31.8 Å². The summed E-state index contributed by atoms with van der Waals surface area (Å²) in [5.41, 5.74) is -2.70. The van der Waals surface area contributed by atoms with Crippen LogP contribution >= 0.6 is 0 Å². The average Bonchev–Trinajstić information content (AvgIpc) is 3.51. The molecule has 2 rings (SSSR count). The topological polar surface area (TPSA) is 154 Å². The molecule has 2 fully saturated rings. The maximum atomic E-state index is 13.6. The monoisotopic (exact) mass is 544 g/mol. The van der Waals surface area contributed by atoms with Crippen LogP contribution in [0.4, 0.5) is 4.79 Å². The SMILES string of the molecule is C=CCC(C)(NCC1CC(O)CN1C(=O)C(NC(=O)OC(C)(C)C)C(C)(C)C)C(=O)NS(=O)(=O)C1CC1. The molecule has 0 radical (unpaired) electrons. The molecule has 4 atom stereocenters. The molecule has 1 saturated heterocycles. The number of alkyl carbamates (subject to hydrolysis) is 1. The van der Waals surface area contributed by atoms with Crippen LogP contribution < -0.4 is 15.4 Å². The van der Waals surface area contributed by atoms with Gasteiger partial charge in [0.25, 0.3) is 5.91 Å². The summed E-state index contributed by atoms with van der Waals surface area (Å²) < 4.78 is 32.2. The highest BCUT2D eigenvalue weighted by atomic mass is 32.2. The highest BCUT2D eigenvalue weighted by molar-refractivity contribution is 7.90. The second-order valence-corrected chi connectivity index (χ2v) is 14.3. The Bertz CT molecular complexity index is 982. The van der Waals surface area contributed by atoms with Gasteiger partial charge in [-0.25, -0.2) is 13.2 Å². The fraction of sp³-hybridized carbons (Fsp3) is 0.800. The first kappa shape index (κ1) is 31.0. The molecule has 1 heterocycles. The lowest BCUT2D eigenvalue weighted by Crippen LogP contribution is -2.60. The van der Waals surface area contributed by atoms with Crippen molar-refractivity contribution in [1.29, 1.82) is 0 Å². The first-order valence-corrected chi connectivity index (χ1v) is 14.2. The van der Waals surface area contributed by atoms with E-state index in [4.69, 9.17) is 4.74 Å². The lowest BCUT2D eigenvalue weighted by atomic mass is 9.85. The number of carbonyl (C=O) groups is 3. The number of rotatable bonds is 10. The smallest absolute Gasteiger partial charge is 0.408 e. The number of nitrogens with zero attached hydrogens (tertiary/aromatic N) is 1. The minimum Gasteiger partial charge on any atom is -0.444 e. The van der Waals surface area contributed by atoms with Crippen LogP contribution in [0.1, 0.15) is 74.1 Å². The zero-order chi connectivity index (χ0) is 28.4. The minimum atomic E-state index is -3.74. The summed E-state index contributed by atoms with van der Waals surface area (Å²) >= 11 is 0. The number of hydrogen-bond acceptors (Lipinski definition) is 8. The van der Waals surface area contributed by atoms with Gasteiger partial charge in [0.05, 0.1) is 16.9 Å². The molecule has 4 N–H and O–H groups in total. The number of sulfonamides is 1. The quantitative estimate of drug-likeness (QED) is 0.301. The summed E-state index contributed by atoms with van der Waals surface area (Å²) in [6, 6.07) is -1.42. The Hall–Kier alpha value is -2.18. The maximum absolute atomic E-state index is 13.6. The van der Waals surface area contributed by atoms with Crippen LogP contribution in [0.15, 0.2) is 12.7 Å². The van der Waals surface area contributed by atoms with Crippen LogP contribution in [0, 0.1) is 5.41 Å². The molecular weight excluding hydrogens is 500 g/mol. The summed E-state index contributed by atoms with van der Waals surface area (Å²) in [4.78, 5) is 40.6. The van der Waals surface area contributed by atoms with Gasteiger partial charge in [-0.2, -0.15) is 0 Å². The van der Waals surface area contributed by atoms with Crippen LogP contribution in [-0.4, -0.2) is 84.0 Å². The molecule has 0 bridgehead atoms. The van der Waals surface area contributed by atoms with Crippen molar-refractivity contribution in [2.75, 3.05) is 13.1 Å². The third kappa shape index (κ3) is 8.68. The van der Waals surface area contributed by atoms with Gasteiger partial charge in [-0.15, -0.1) is 6.58 Å². The molecule has 1 aliphatic carbocycles. The number of carbonyl (C=O) groups excluding carboxylic acids is 3. The number of aliphatic hydroxyl groups is 1. The van der Waals surface area contributed by atoms with E-state index in [1.807, 2.05) is 20.8 Å². The van der Waals surface area contributed by atoms with Crippen LogP contribution in [-0.2, 0) is 24.3 Å². The number of nitrogens with one attached hydrogen (secondary N) is 3. The first-order chi connectivity index (χ1) is 16.8. The average molecular weight is 545 g/mol. The van der Waals surface area contributed by atoms with Crippen molar-refractivity contribution >= 4 is 27.9 Å². The van der Waals surface area contributed by atoms with Gasteiger partial charge in [0.1, 0.15) is 11.6 Å². The lowest BCUT2D eigenvalue weighted by molar-refractivity contribution is -0.137. The Labute approximate surface area is 220 Å². The number of aliphatic hydroxyl groups excluding tert-OH is 1. The summed E-state index contributed by atoms with van der Waals surface area (Å²) in [7, 11) is -3.74. The van der Waals surface area contributed by atoms with Gasteiger partial charge in [-0.1, -0.05) is 26.8 Å². The van der Waals surface area contributed by atoms with Crippen molar-refractivity contribution in [2.24, 2.45) is 5.41 Å².